The molecule has 5 nitrogen and oxygen atoms in total. The van der Waals surface area contributed by atoms with Crippen LogP contribution in [0.5, 0.6) is 5.75 Å². The van der Waals surface area contributed by atoms with E-state index in [1.165, 1.54) is 5.56 Å². The Bertz CT molecular complexity index is 984. The Kier molecular flexibility index (Phi) is 7.22. The summed E-state index contributed by atoms with van der Waals surface area (Å²) >= 11 is 0. The van der Waals surface area contributed by atoms with Gasteiger partial charge in [-0.3, -0.25) is 4.79 Å². The molecule has 1 unspecified atom stereocenters. The second-order valence-electron chi connectivity index (χ2n) is 6.91. The maximum absolute atomic E-state index is 12.7. The van der Waals surface area contributed by atoms with Crippen LogP contribution in [0.4, 0.5) is 5.69 Å². The molecule has 0 aromatic heterocycles. The van der Waals surface area contributed by atoms with E-state index in [-0.39, 0.29) is 0 Å². The Labute approximate surface area is 176 Å². The van der Waals surface area contributed by atoms with Crippen LogP contribution in [-0.4, -0.2) is 25.1 Å². The zero-order valence-electron chi connectivity index (χ0n) is 17.1. The van der Waals surface area contributed by atoms with Crippen molar-refractivity contribution < 1.29 is 19.1 Å². The highest BCUT2D eigenvalue weighted by Gasteiger charge is 2.20. The number of rotatable bonds is 8. The first kappa shape index (κ1) is 21.1. The van der Waals surface area contributed by atoms with E-state index < -0.39 is 18.0 Å². The summed E-state index contributed by atoms with van der Waals surface area (Å²) in [5.41, 5.74) is 3.19. The summed E-state index contributed by atoms with van der Waals surface area (Å²) in [5.74, 6) is -0.203. The average molecular weight is 403 g/mol. The van der Waals surface area contributed by atoms with Gasteiger partial charge in [-0.05, 0) is 61.2 Å². The normalized spacial score (nSPS) is 11.4. The van der Waals surface area contributed by atoms with E-state index in [9.17, 15) is 9.59 Å². The Morgan fingerprint density at radius 3 is 2.23 bits per heavy atom. The van der Waals surface area contributed by atoms with Crippen molar-refractivity contribution in [2.24, 2.45) is 0 Å². The van der Waals surface area contributed by atoms with Gasteiger partial charge in [0.1, 0.15) is 5.75 Å². The molecule has 0 aliphatic carbocycles. The number of aryl methyl sites for hydroxylation is 2. The first-order valence-electron chi connectivity index (χ1n) is 9.84. The zero-order valence-corrected chi connectivity index (χ0v) is 17.1. The van der Waals surface area contributed by atoms with E-state index >= 15 is 0 Å². The molecule has 0 spiro atoms. The molecule has 0 saturated carbocycles. The van der Waals surface area contributed by atoms with Gasteiger partial charge in [0.2, 0.25) is 0 Å². The summed E-state index contributed by atoms with van der Waals surface area (Å²) in [6.07, 6.45) is 0.599. The van der Waals surface area contributed by atoms with Crippen molar-refractivity contribution in [1.82, 2.24) is 0 Å². The molecule has 1 amide bonds. The quantitative estimate of drug-likeness (QED) is 0.556. The first-order valence-corrected chi connectivity index (χ1v) is 9.84. The number of benzene rings is 3. The highest BCUT2D eigenvalue weighted by molar-refractivity contribution is 5.97. The number of carbonyl (C=O) groups excluding carboxylic acids is 2. The highest BCUT2D eigenvalue weighted by atomic mass is 16.5. The molecule has 0 aliphatic heterocycles. The number of amides is 1. The molecule has 154 valence electrons. The zero-order chi connectivity index (χ0) is 21.3. The van der Waals surface area contributed by atoms with Crippen LogP contribution in [-0.2, 0) is 22.4 Å². The molecule has 1 atom stereocenters. The van der Waals surface area contributed by atoms with Gasteiger partial charge < -0.3 is 14.8 Å². The van der Waals surface area contributed by atoms with Crippen LogP contribution < -0.4 is 10.1 Å². The molecule has 0 fully saturated rings. The fourth-order valence-corrected chi connectivity index (χ4v) is 3.06. The molecule has 3 rings (SSSR count). The third-order valence-electron chi connectivity index (χ3n) is 4.77. The Balaban J connectivity index is 1.61. The van der Waals surface area contributed by atoms with Gasteiger partial charge in [-0.25, -0.2) is 4.79 Å². The minimum atomic E-state index is -0.929. The van der Waals surface area contributed by atoms with Crippen molar-refractivity contribution in [2.75, 3.05) is 12.4 Å². The second-order valence-corrected chi connectivity index (χ2v) is 6.91. The third kappa shape index (κ3) is 5.70. The van der Waals surface area contributed by atoms with Crippen molar-refractivity contribution in [3.63, 3.8) is 0 Å². The van der Waals surface area contributed by atoms with E-state index in [0.717, 1.165) is 12.0 Å². The van der Waals surface area contributed by atoms with Gasteiger partial charge in [0.15, 0.2) is 6.10 Å². The van der Waals surface area contributed by atoms with Crippen molar-refractivity contribution >= 4 is 17.6 Å². The van der Waals surface area contributed by atoms with Gasteiger partial charge in [-0.15, -0.1) is 0 Å². The summed E-state index contributed by atoms with van der Waals surface area (Å²) in [5, 5.41) is 2.74. The van der Waals surface area contributed by atoms with Crippen molar-refractivity contribution in [3.8, 4) is 5.75 Å². The van der Waals surface area contributed by atoms with Gasteiger partial charge >= 0.3 is 5.97 Å². The van der Waals surface area contributed by atoms with E-state index in [2.05, 4.69) is 17.4 Å². The molecule has 5 heteroatoms. The number of esters is 1. The number of methoxy groups -OCH3 is 1. The minimum absolute atomic E-state index is 0.393. The van der Waals surface area contributed by atoms with E-state index in [1.807, 2.05) is 30.3 Å². The summed E-state index contributed by atoms with van der Waals surface area (Å²) in [6, 6.07) is 24.4. The summed E-state index contributed by atoms with van der Waals surface area (Å²) in [7, 11) is 1.58. The van der Waals surface area contributed by atoms with Crippen LogP contribution in [0.1, 0.15) is 28.4 Å². The van der Waals surface area contributed by atoms with Crippen molar-refractivity contribution in [1.29, 1.82) is 0 Å². The number of carbonyl (C=O) groups is 2. The van der Waals surface area contributed by atoms with Crippen LogP contribution in [0.15, 0.2) is 78.9 Å². The molecule has 3 aromatic rings. The lowest BCUT2D eigenvalue weighted by Gasteiger charge is -2.15. The number of nitrogens with one attached hydrogen (secondary N) is 1. The second kappa shape index (κ2) is 10.3. The molecular formula is C25H25NO4. The predicted molar refractivity (Wildman–Crippen MR) is 117 cm³/mol. The summed E-state index contributed by atoms with van der Waals surface area (Å²) in [4.78, 5) is 25.1. The molecule has 0 radical (unpaired) electrons. The minimum Gasteiger partial charge on any atom is -0.497 e. The fourth-order valence-electron chi connectivity index (χ4n) is 3.06. The molecule has 0 heterocycles. The largest absolute Gasteiger partial charge is 0.497 e. The smallest absolute Gasteiger partial charge is 0.339 e. The Morgan fingerprint density at radius 1 is 0.867 bits per heavy atom. The van der Waals surface area contributed by atoms with Gasteiger partial charge in [0, 0.05) is 5.69 Å². The van der Waals surface area contributed by atoms with Crippen molar-refractivity contribution in [3.05, 3.63) is 95.6 Å². The number of hydrogen-bond donors (Lipinski definition) is 1. The molecule has 0 bridgehead atoms. The lowest BCUT2D eigenvalue weighted by atomic mass is 10.00. The van der Waals surface area contributed by atoms with Crippen LogP contribution in [0.25, 0.3) is 0 Å². The number of anilines is 1. The number of hydrogen-bond acceptors (Lipinski definition) is 4. The van der Waals surface area contributed by atoms with Gasteiger partial charge in [0.05, 0.1) is 12.7 Å². The van der Waals surface area contributed by atoms with Crippen molar-refractivity contribution in [2.45, 2.75) is 25.9 Å². The molecule has 30 heavy (non-hydrogen) atoms. The third-order valence-corrected chi connectivity index (χ3v) is 4.77. The topological polar surface area (TPSA) is 64.6 Å². The first-order chi connectivity index (χ1) is 14.6. The van der Waals surface area contributed by atoms with E-state index in [4.69, 9.17) is 9.47 Å². The summed E-state index contributed by atoms with van der Waals surface area (Å²) in [6.45, 7) is 1.56. The van der Waals surface area contributed by atoms with Crippen LogP contribution in [0.2, 0.25) is 0 Å². The molecule has 3 aromatic carbocycles. The van der Waals surface area contributed by atoms with Crippen LogP contribution in [0.3, 0.4) is 0 Å². The number of ether oxygens (including phenoxy) is 2. The van der Waals surface area contributed by atoms with Gasteiger partial charge in [-0.2, -0.15) is 0 Å². The van der Waals surface area contributed by atoms with E-state index in [0.29, 0.717) is 23.4 Å². The average Bonchev–Trinajstić information content (AvgIpc) is 2.79. The maximum Gasteiger partial charge on any atom is 0.339 e. The van der Waals surface area contributed by atoms with Gasteiger partial charge in [0.25, 0.3) is 5.91 Å². The van der Waals surface area contributed by atoms with Crippen LogP contribution in [0, 0.1) is 0 Å². The highest BCUT2D eigenvalue weighted by Crippen LogP contribution is 2.17. The Morgan fingerprint density at radius 2 is 1.53 bits per heavy atom. The molecule has 1 N–H and O–H groups in total. The van der Waals surface area contributed by atoms with Crippen LogP contribution >= 0.6 is 0 Å². The SMILES string of the molecule is COc1ccc(NC(=O)C(C)OC(=O)c2ccccc2CCc2ccccc2)cc1. The fraction of sp³-hybridized carbons (Fsp3) is 0.200. The molecular weight excluding hydrogens is 378 g/mol. The van der Waals surface area contributed by atoms with Gasteiger partial charge in [-0.1, -0.05) is 48.5 Å². The predicted octanol–water partition coefficient (Wildman–Crippen LogP) is 4.66. The summed E-state index contributed by atoms with van der Waals surface area (Å²) < 4.78 is 10.5. The van der Waals surface area contributed by atoms with E-state index in [1.54, 1.807) is 50.4 Å². The lowest BCUT2D eigenvalue weighted by Crippen LogP contribution is -2.30. The Hall–Kier alpha value is -3.60. The monoisotopic (exact) mass is 403 g/mol. The molecule has 0 aliphatic rings. The lowest BCUT2D eigenvalue weighted by molar-refractivity contribution is -0.123. The standard InChI is InChI=1S/C25H25NO4/c1-18(24(27)26-21-14-16-22(29-2)17-15-21)30-25(28)23-11-7-6-10-20(23)13-12-19-8-4-3-5-9-19/h3-11,14-18H,12-13H2,1-2H3,(H,26,27). The molecule has 0 saturated heterocycles. The maximum atomic E-state index is 12.7.